The summed E-state index contributed by atoms with van der Waals surface area (Å²) in [7, 11) is 0. The van der Waals surface area contributed by atoms with Crippen molar-refractivity contribution < 1.29 is 9.53 Å². The van der Waals surface area contributed by atoms with Gasteiger partial charge in [-0.15, -0.1) is 11.8 Å². The maximum Gasteiger partial charge on any atom is 0.341 e. The molecule has 0 rings (SSSR count). The monoisotopic (exact) mass is 214 g/mol. The fraction of sp³-hybridized carbons (Fsp3) is 0.333. The van der Waals surface area contributed by atoms with Gasteiger partial charge in [-0.2, -0.15) is 0 Å². The molecule has 0 heterocycles. The predicted octanol–water partition coefficient (Wildman–Crippen LogP) is 1.30. The molecule has 4 nitrogen and oxygen atoms in total. The third kappa shape index (κ3) is 4.71. The van der Waals surface area contributed by atoms with Crippen molar-refractivity contribution in [3.8, 4) is 0 Å². The van der Waals surface area contributed by atoms with Crippen molar-refractivity contribution in [2.75, 3.05) is 12.9 Å². The fourth-order valence-electron chi connectivity index (χ4n) is 0.572. The summed E-state index contributed by atoms with van der Waals surface area (Å²) in [4.78, 5) is 15.1. The summed E-state index contributed by atoms with van der Waals surface area (Å²) in [5.41, 5.74) is 5.47. The molecule has 78 valence electrons. The van der Waals surface area contributed by atoms with Crippen LogP contribution in [0, 0.1) is 0 Å². The number of ether oxygens (including phenoxy) is 1. The first-order valence-electron chi connectivity index (χ1n) is 4.01. The van der Waals surface area contributed by atoms with Gasteiger partial charge in [-0.3, -0.25) is 0 Å². The molecule has 0 aliphatic rings. The molecule has 0 saturated carbocycles. The van der Waals surface area contributed by atoms with Crippen molar-refractivity contribution in [3.05, 3.63) is 23.4 Å². The van der Waals surface area contributed by atoms with Crippen LogP contribution >= 0.6 is 11.8 Å². The number of esters is 1. The zero-order chi connectivity index (χ0) is 11.0. The van der Waals surface area contributed by atoms with Gasteiger partial charge in [0, 0.05) is 12.4 Å². The van der Waals surface area contributed by atoms with Crippen LogP contribution in [0.3, 0.4) is 0 Å². The highest BCUT2D eigenvalue weighted by Crippen LogP contribution is 2.09. The Kier molecular flexibility index (Phi) is 6.57. The molecule has 0 aliphatic carbocycles. The Morgan fingerprint density at radius 1 is 1.71 bits per heavy atom. The molecule has 2 N–H and O–H groups in total. The number of aliphatic imine (C=N–C) groups is 1. The summed E-state index contributed by atoms with van der Waals surface area (Å²) in [6.07, 6.45) is 4.35. The first kappa shape index (κ1) is 12.8. The van der Waals surface area contributed by atoms with E-state index in [2.05, 4.69) is 11.6 Å². The third-order valence-electron chi connectivity index (χ3n) is 1.27. The molecule has 5 heteroatoms. The summed E-state index contributed by atoms with van der Waals surface area (Å²) in [6.45, 7) is 5.67. The number of thioether (sulfide) groups is 1. The second-order valence-electron chi connectivity index (χ2n) is 2.20. The average molecular weight is 214 g/mol. The summed E-state index contributed by atoms with van der Waals surface area (Å²) >= 11 is 1.39. The van der Waals surface area contributed by atoms with Crippen LogP contribution in [-0.2, 0) is 9.53 Å². The van der Waals surface area contributed by atoms with Gasteiger partial charge < -0.3 is 10.5 Å². The fourth-order valence-corrected chi connectivity index (χ4v) is 0.731. The molecule has 0 unspecified atom stereocenters. The van der Waals surface area contributed by atoms with E-state index < -0.39 is 5.97 Å². The van der Waals surface area contributed by atoms with Gasteiger partial charge in [0.1, 0.15) is 0 Å². The molecule has 0 aliphatic heterocycles. The van der Waals surface area contributed by atoms with E-state index in [1.807, 2.05) is 6.26 Å². The van der Waals surface area contributed by atoms with E-state index >= 15 is 0 Å². The summed E-state index contributed by atoms with van der Waals surface area (Å²) in [5.74, 6) is -0.479. The van der Waals surface area contributed by atoms with Gasteiger partial charge in [-0.05, 0) is 13.2 Å². The lowest BCUT2D eigenvalue weighted by atomic mass is 10.3. The van der Waals surface area contributed by atoms with Gasteiger partial charge in [-0.25, -0.2) is 9.79 Å². The first-order chi connectivity index (χ1) is 6.65. The molecule has 0 aromatic heterocycles. The van der Waals surface area contributed by atoms with Gasteiger partial charge in [0.2, 0.25) is 0 Å². The molecule has 0 radical (unpaired) electrons. The molecular weight excluding hydrogens is 200 g/mol. The van der Waals surface area contributed by atoms with E-state index in [0.29, 0.717) is 11.6 Å². The van der Waals surface area contributed by atoms with Gasteiger partial charge in [0.05, 0.1) is 17.2 Å². The lowest BCUT2D eigenvalue weighted by Crippen LogP contribution is -2.10. The first-order valence-corrected chi connectivity index (χ1v) is 5.24. The van der Waals surface area contributed by atoms with Crippen LogP contribution in [0.1, 0.15) is 6.92 Å². The number of nitrogens with zero attached hydrogens (tertiary/aromatic N) is 1. The van der Waals surface area contributed by atoms with Crippen LogP contribution in [0.5, 0.6) is 0 Å². The molecule has 0 aromatic rings. The molecule has 0 bridgehead atoms. The maximum absolute atomic E-state index is 11.2. The largest absolute Gasteiger partial charge is 0.462 e. The van der Waals surface area contributed by atoms with Crippen molar-refractivity contribution in [3.63, 3.8) is 0 Å². The number of hydrogen-bond acceptors (Lipinski definition) is 5. The van der Waals surface area contributed by atoms with Gasteiger partial charge in [0.25, 0.3) is 0 Å². The highest BCUT2D eigenvalue weighted by molar-refractivity contribution is 8.02. The van der Waals surface area contributed by atoms with Crippen molar-refractivity contribution in [1.82, 2.24) is 0 Å². The molecular formula is C9H14N2O2S. The molecule has 0 atom stereocenters. The quantitative estimate of drug-likeness (QED) is 0.425. The summed E-state index contributed by atoms with van der Waals surface area (Å²) in [5, 5.41) is 0.605. The average Bonchev–Trinajstić information content (AvgIpc) is 2.18. The number of hydrogen-bond donors (Lipinski definition) is 1. The van der Waals surface area contributed by atoms with Crippen molar-refractivity contribution in [1.29, 1.82) is 0 Å². The number of carbonyl (C=O) groups excluding carboxylic acids is 1. The molecule has 0 aromatic carbocycles. The zero-order valence-electron chi connectivity index (χ0n) is 8.32. The molecule has 0 saturated heterocycles. The van der Waals surface area contributed by atoms with Crippen LogP contribution in [0.2, 0.25) is 0 Å². The molecule has 0 amide bonds. The minimum Gasteiger partial charge on any atom is -0.462 e. The topological polar surface area (TPSA) is 64.7 Å². The highest BCUT2D eigenvalue weighted by atomic mass is 32.2. The Labute approximate surface area is 87.9 Å². The lowest BCUT2D eigenvalue weighted by molar-refractivity contribution is -0.137. The zero-order valence-corrected chi connectivity index (χ0v) is 9.13. The molecule has 0 spiro atoms. The van der Waals surface area contributed by atoms with Crippen molar-refractivity contribution in [2.45, 2.75) is 6.92 Å². The second-order valence-corrected chi connectivity index (χ2v) is 3.08. The Hall–Kier alpha value is -1.23. The normalized spacial score (nSPS) is 11.7. The number of nitrogens with two attached hydrogens (primary N) is 1. The van der Waals surface area contributed by atoms with E-state index in [1.54, 1.807) is 6.92 Å². The molecule has 0 fully saturated rings. The smallest absolute Gasteiger partial charge is 0.341 e. The Balaban J connectivity index is 4.38. The van der Waals surface area contributed by atoms with Crippen LogP contribution in [0.25, 0.3) is 0 Å². The van der Waals surface area contributed by atoms with E-state index in [0.717, 1.165) is 6.20 Å². The Bertz CT molecular complexity index is 272. The van der Waals surface area contributed by atoms with Gasteiger partial charge >= 0.3 is 5.97 Å². The van der Waals surface area contributed by atoms with Crippen LogP contribution < -0.4 is 5.73 Å². The van der Waals surface area contributed by atoms with Crippen molar-refractivity contribution in [2.24, 2.45) is 10.7 Å². The number of carbonyl (C=O) groups is 1. The predicted molar refractivity (Wildman–Crippen MR) is 60.1 cm³/mol. The van der Waals surface area contributed by atoms with Crippen LogP contribution in [-0.4, -0.2) is 25.0 Å². The summed E-state index contributed by atoms with van der Waals surface area (Å²) < 4.78 is 4.75. The van der Waals surface area contributed by atoms with Crippen LogP contribution in [0.15, 0.2) is 28.4 Å². The van der Waals surface area contributed by atoms with Gasteiger partial charge in [0.15, 0.2) is 0 Å². The van der Waals surface area contributed by atoms with E-state index in [1.165, 1.54) is 18.0 Å². The Morgan fingerprint density at radius 3 is 2.79 bits per heavy atom. The van der Waals surface area contributed by atoms with E-state index in [-0.39, 0.29) is 5.57 Å². The Morgan fingerprint density at radius 2 is 2.36 bits per heavy atom. The van der Waals surface area contributed by atoms with Crippen LogP contribution in [0.4, 0.5) is 0 Å². The third-order valence-corrected chi connectivity index (χ3v) is 1.85. The second kappa shape index (κ2) is 7.20. The van der Waals surface area contributed by atoms with Crippen molar-refractivity contribution >= 4 is 23.9 Å². The van der Waals surface area contributed by atoms with E-state index in [4.69, 9.17) is 10.5 Å². The minimum atomic E-state index is -0.479. The summed E-state index contributed by atoms with van der Waals surface area (Å²) in [6, 6.07) is 0. The number of rotatable bonds is 5. The maximum atomic E-state index is 11.2. The van der Waals surface area contributed by atoms with Gasteiger partial charge in [-0.1, -0.05) is 6.58 Å². The highest BCUT2D eigenvalue weighted by Gasteiger charge is 2.06. The minimum absolute atomic E-state index is 0.224. The SMILES string of the molecule is C=C(/N=C\C(=C/N)C(=O)OCC)SC. The molecule has 14 heavy (non-hydrogen) atoms. The lowest BCUT2D eigenvalue weighted by Gasteiger charge is -2.00. The van der Waals surface area contributed by atoms with E-state index in [9.17, 15) is 4.79 Å². The standard InChI is InChI=1S/C9H14N2O2S/c1-4-13-9(12)8(5-10)6-11-7(2)14-3/h5-6H,2,4,10H2,1,3H3/b8-5+,11-6-.